The molecule has 0 aromatic heterocycles. The van der Waals surface area contributed by atoms with Gasteiger partial charge in [0.25, 0.3) is 0 Å². The summed E-state index contributed by atoms with van der Waals surface area (Å²) in [5, 5.41) is 0. The molecule has 3 unspecified atom stereocenters. The van der Waals surface area contributed by atoms with Crippen LogP contribution in [0.15, 0.2) is 18.2 Å². The average molecular weight is 271 g/mol. The fourth-order valence-electron chi connectivity index (χ4n) is 3.16. The van der Waals surface area contributed by atoms with Gasteiger partial charge in [-0.05, 0) is 48.4 Å². The minimum Gasteiger partial charge on any atom is -0.324 e. The lowest BCUT2D eigenvalue weighted by Crippen LogP contribution is -2.24. The van der Waals surface area contributed by atoms with Gasteiger partial charge in [-0.25, -0.2) is 0 Å². The van der Waals surface area contributed by atoms with Crippen molar-refractivity contribution in [3.05, 3.63) is 34.9 Å². The van der Waals surface area contributed by atoms with Gasteiger partial charge in [0.1, 0.15) is 0 Å². The first kappa shape index (κ1) is 14.4. The molecule has 2 N–H and O–H groups in total. The predicted octanol–water partition coefficient (Wildman–Crippen LogP) is 4.45. The topological polar surface area (TPSA) is 26.0 Å². The number of nitrogens with two attached hydrogens (primary N) is 1. The molecule has 1 saturated carbocycles. The molecule has 3 atom stereocenters. The Hall–Kier alpha value is -1.03. The molecule has 0 spiro atoms. The first-order valence-corrected chi connectivity index (χ1v) is 6.74. The monoisotopic (exact) mass is 271 g/mol. The molecule has 1 fully saturated rings. The number of hydrogen-bond acceptors (Lipinski definition) is 1. The molecule has 0 heterocycles. The molecule has 0 aliphatic heterocycles. The van der Waals surface area contributed by atoms with Gasteiger partial charge in [-0.1, -0.05) is 25.8 Å². The normalized spacial score (nSPS) is 25.6. The Balaban J connectivity index is 2.26. The summed E-state index contributed by atoms with van der Waals surface area (Å²) in [6.45, 7) is 3.89. The van der Waals surface area contributed by atoms with E-state index in [2.05, 4.69) is 6.92 Å². The van der Waals surface area contributed by atoms with Crippen molar-refractivity contribution < 1.29 is 13.2 Å². The van der Waals surface area contributed by atoms with E-state index in [9.17, 15) is 13.2 Å². The van der Waals surface area contributed by atoms with Crippen LogP contribution in [-0.4, -0.2) is 0 Å². The first-order valence-electron chi connectivity index (χ1n) is 6.74. The summed E-state index contributed by atoms with van der Waals surface area (Å²) in [6, 6.07) is 3.74. The molecule has 2 rings (SSSR count). The Kier molecular flexibility index (Phi) is 3.90. The second-order valence-corrected chi connectivity index (χ2v) is 5.67. The summed E-state index contributed by atoms with van der Waals surface area (Å²) in [6.07, 6.45) is -0.881. The van der Waals surface area contributed by atoms with Gasteiger partial charge in [-0.2, -0.15) is 13.2 Å². The van der Waals surface area contributed by atoms with Gasteiger partial charge in [0.15, 0.2) is 0 Å². The van der Waals surface area contributed by atoms with Gasteiger partial charge in [-0.3, -0.25) is 0 Å². The molecular formula is C15H20F3N. The zero-order valence-corrected chi connectivity index (χ0v) is 11.3. The van der Waals surface area contributed by atoms with Crippen molar-refractivity contribution in [1.29, 1.82) is 0 Å². The lowest BCUT2D eigenvalue weighted by molar-refractivity contribution is -0.137. The highest BCUT2D eigenvalue weighted by molar-refractivity contribution is 5.35. The van der Waals surface area contributed by atoms with Crippen LogP contribution in [0.4, 0.5) is 13.2 Å². The molecule has 1 aliphatic rings. The van der Waals surface area contributed by atoms with Crippen LogP contribution >= 0.6 is 0 Å². The number of benzene rings is 1. The maximum atomic E-state index is 12.6. The molecule has 106 valence electrons. The van der Waals surface area contributed by atoms with E-state index in [1.165, 1.54) is 12.5 Å². The van der Waals surface area contributed by atoms with E-state index in [1.807, 2.05) is 0 Å². The van der Waals surface area contributed by atoms with E-state index >= 15 is 0 Å². The van der Waals surface area contributed by atoms with Crippen LogP contribution in [0.25, 0.3) is 0 Å². The summed E-state index contributed by atoms with van der Waals surface area (Å²) >= 11 is 0. The third-order valence-electron chi connectivity index (χ3n) is 4.35. The molecule has 19 heavy (non-hydrogen) atoms. The fourth-order valence-corrected chi connectivity index (χ4v) is 3.16. The van der Waals surface area contributed by atoms with E-state index < -0.39 is 11.7 Å². The Bertz CT molecular complexity index is 453. The average Bonchev–Trinajstić information content (AvgIpc) is 2.73. The van der Waals surface area contributed by atoms with Crippen LogP contribution in [-0.2, 0) is 6.18 Å². The number of aryl methyl sites for hydroxylation is 1. The smallest absolute Gasteiger partial charge is 0.324 e. The molecule has 0 saturated heterocycles. The fraction of sp³-hybridized carbons (Fsp3) is 0.600. The van der Waals surface area contributed by atoms with Gasteiger partial charge in [0.05, 0.1) is 5.56 Å². The van der Waals surface area contributed by atoms with Gasteiger partial charge in [0, 0.05) is 6.04 Å². The summed E-state index contributed by atoms with van der Waals surface area (Å²) in [4.78, 5) is 0. The Morgan fingerprint density at radius 2 is 1.95 bits per heavy atom. The highest BCUT2D eigenvalue weighted by atomic mass is 19.4. The zero-order chi connectivity index (χ0) is 14.2. The van der Waals surface area contributed by atoms with Crippen LogP contribution in [0, 0.1) is 18.8 Å². The summed E-state index contributed by atoms with van der Waals surface area (Å²) in [5.74, 6) is 0.937. The van der Waals surface area contributed by atoms with Gasteiger partial charge >= 0.3 is 6.18 Å². The maximum Gasteiger partial charge on any atom is 0.416 e. The SMILES string of the molecule is Cc1cc(C(F)(F)F)ccc1C(N)C1CCCC1C. The Morgan fingerprint density at radius 1 is 1.26 bits per heavy atom. The summed E-state index contributed by atoms with van der Waals surface area (Å²) in [5.41, 5.74) is 7.17. The number of rotatable bonds is 2. The number of hydrogen-bond donors (Lipinski definition) is 1. The van der Waals surface area contributed by atoms with E-state index in [1.54, 1.807) is 13.0 Å². The minimum absolute atomic E-state index is 0.153. The third-order valence-corrected chi connectivity index (χ3v) is 4.35. The second-order valence-electron chi connectivity index (χ2n) is 5.67. The highest BCUT2D eigenvalue weighted by Crippen LogP contribution is 2.40. The lowest BCUT2D eigenvalue weighted by atomic mass is 9.84. The molecule has 0 radical (unpaired) electrons. The van der Waals surface area contributed by atoms with Gasteiger partial charge in [0.2, 0.25) is 0 Å². The van der Waals surface area contributed by atoms with Crippen molar-refractivity contribution in [2.24, 2.45) is 17.6 Å². The van der Waals surface area contributed by atoms with Crippen LogP contribution in [0.1, 0.15) is 48.9 Å². The van der Waals surface area contributed by atoms with Crippen LogP contribution < -0.4 is 5.73 Å². The van der Waals surface area contributed by atoms with Gasteiger partial charge in [-0.15, -0.1) is 0 Å². The molecular weight excluding hydrogens is 251 g/mol. The van der Waals surface area contributed by atoms with Crippen LogP contribution in [0.2, 0.25) is 0 Å². The van der Waals surface area contributed by atoms with Crippen molar-refractivity contribution in [1.82, 2.24) is 0 Å². The maximum absolute atomic E-state index is 12.6. The van der Waals surface area contributed by atoms with E-state index in [0.717, 1.165) is 24.5 Å². The molecule has 4 heteroatoms. The minimum atomic E-state index is -4.28. The van der Waals surface area contributed by atoms with Crippen molar-refractivity contribution in [3.63, 3.8) is 0 Å². The molecule has 1 aromatic rings. The first-order chi connectivity index (χ1) is 8.80. The molecule has 0 bridgehead atoms. The standard InChI is InChI=1S/C15H20F3N/c1-9-4-3-5-12(9)14(19)13-7-6-11(8-10(13)2)15(16,17)18/h6-9,12,14H,3-5,19H2,1-2H3. The van der Waals surface area contributed by atoms with Crippen molar-refractivity contribution >= 4 is 0 Å². The van der Waals surface area contributed by atoms with E-state index in [4.69, 9.17) is 5.73 Å². The molecule has 1 aromatic carbocycles. The zero-order valence-electron chi connectivity index (χ0n) is 11.3. The van der Waals surface area contributed by atoms with Crippen LogP contribution in [0.3, 0.4) is 0 Å². The second kappa shape index (κ2) is 5.16. The van der Waals surface area contributed by atoms with Crippen molar-refractivity contribution in [2.75, 3.05) is 0 Å². The molecule has 1 nitrogen and oxygen atoms in total. The quantitative estimate of drug-likeness (QED) is 0.845. The Morgan fingerprint density at radius 3 is 2.42 bits per heavy atom. The highest BCUT2D eigenvalue weighted by Gasteiger charge is 2.33. The van der Waals surface area contributed by atoms with Crippen molar-refractivity contribution in [2.45, 2.75) is 45.3 Å². The molecule has 0 amide bonds. The van der Waals surface area contributed by atoms with E-state index in [-0.39, 0.29) is 6.04 Å². The third kappa shape index (κ3) is 2.94. The number of alkyl halides is 3. The summed E-state index contributed by atoms with van der Waals surface area (Å²) < 4.78 is 37.9. The molecule has 1 aliphatic carbocycles. The Labute approximate surface area is 112 Å². The van der Waals surface area contributed by atoms with E-state index in [0.29, 0.717) is 17.4 Å². The van der Waals surface area contributed by atoms with Gasteiger partial charge < -0.3 is 5.73 Å². The summed E-state index contributed by atoms with van der Waals surface area (Å²) in [7, 11) is 0. The van der Waals surface area contributed by atoms with Crippen LogP contribution in [0.5, 0.6) is 0 Å². The largest absolute Gasteiger partial charge is 0.416 e. The van der Waals surface area contributed by atoms with Crippen molar-refractivity contribution in [3.8, 4) is 0 Å². The number of halogens is 3. The lowest BCUT2D eigenvalue weighted by Gasteiger charge is -2.25. The predicted molar refractivity (Wildman–Crippen MR) is 69.6 cm³/mol.